The Labute approximate surface area is 160 Å². The lowest BCUT2D eigenvalue weighted by Gasteiger charge is -2.38. The normalized spacial score (nSPS) is 22.3. The highest BCUT2D eigenvalue weighted by atomic mass is 19.1. The van der Waals surface area contributed by atoms with Crippen LogP contribution >= 0.6 is 0 Å². The maximum absolute atomic E-state index is 13.2. The molecule has 0 unspecified atom stereocenters. The third-order valence-corrected chi connectivity index (χ3v) is 6.22. The van der Waals surface area contributed by atoms with Gasteiger partial charge in [0, 0.05) is 45.0 Å². The Morgan fingerprint density at radius 1 is 0.741 bits per heavy atom. The van der Waals surface area contributed by atoms with Crippen LogP contribution in [0.5, 0.6) is 0 Å². The van der Waals surface area contributed by atoms with Gasteiger partial charge in [0.2, 0.25) is 11.8 Å². The van der Waals surface area contributed by atoms with Crippen molar-refractivity contribution >= 4 is 17.5 Å². The van der Waals surface area contributed by atoms with Crippen LogP contribution in [0.1, 0.15) is 38.5 Å². The number of nitrogens with zero attached hydrogens (tertiary/aromatic N) is 3. The van der Waals surface area contributed by atoms with Gasteiger partial charge < -0.3 is 14.7 Å². The summed E-state index contributed by atoms with van der Waals surface area (Å²) in [6, 6.07) is 6.48. The number of piperazine rings is 1. The van der Waals surface area contributed by atoms with E-state index < -0.39 is 5.41 Å². The highest BCUT2D eigenvalue weighted by molar-refractivity contribution is 6.08. The Morgan fingerprint density at radius 3 is 1.78 bits per heavy atom. The molecule has 1 aromatic carbocycles. The van der Waals surface area contributed by atoms with Crippen molar-refractivity contribution in [1.29, 1.82) is 0 Å². The van der Waals surface area contributed by atoms with Gasteiger partial charge >= 0.3 is 0 Å². The molecule has 0 N–H and O–H groups in total. The number of benzene rings is 1. The molecule has 1 aromatic rings. The molecule has 1 saturated carbocycles. The summed E-state index contributed by atoms with van der Waals surface area (Å²) in [4.78, 5) is 32.2. The summed E-state index contributed by atoms with van der Waals surface area (Å²) in [5.41, 5.74) is 0.202. The SMILES string of the molecule is O=C(N1CCCCCC1)C1(C(=O)N2CCN(c3ccc(F)cc3)CC2)CC1. The van der Waals surface area contributed by atoms with E-state index in [2.05, 4.69) is 4.90 Å². The zero-order chi connectivity index (χ0) is 18.9. The second kappa shape index (κ2) is 7.49. The minimum absolute atomic E-state index is 0.0236. The van der Waals surface area contributed by atoms with E-state index >= 15 is 0 Å². The lowest BCUT2D eigenvalue weighted by atomic mass is 10.0. The molecule has 27 heavy (non-hydrogen) atoms. The summed E-state index contributed by atoms with van der Waals surface area (Å²) < 4.78 is 13.1. The van der Waals surface area contributed by atoms with Crippen molar-refractivity contribution in [2.24, 2.45) is 5.41 Å². The van der Waals surface area contributed by atoms with Crippen LogP contribution in [0, 0.1) is 11.2 Å². The predicted octanol–water partition coefficient (Wildman–Crippen LogP) is 2.66. The molecule has 2 amide bonds. The van der Waals surface area contributed by atoms with Crippen LogP contribution in [-0.4, -0.2) is 60.9 Å². The third kappa shape index (κ3) is 3.66. The second-order valence-corrected chi connectivity index (χ2v) is 8.04. The second-order valence-electron chi connectivity index (χ2n) is 8.04. The van der Waals surface area contributed by atoms with Gasteiger partial charge in [-0.1, -0.05) is 12.8 Å². The lowest BCUT2D eigenvalue weighted by molar-refractivity contribution is -0.149. The summed E-state index contributed by atoms with van der Waals surface area (Å²) in [7, 11) is 0. The molecule has 1 aliphatic carbocycles. The van der Waals surface area contributed by atoms with Crippen molar-refractivity contribution in [2.75, 3.05) is 44.2 Å². The molecule has 2 heterocycles. The van der Waals surface area contributed by atoms with Crippen molar-refractivity contribution < 1.29 is 14.0 Å². The van der Waals surface area contributed by atoms with Crippen LogP contribution < -0.4 is 4.90 Å². The lowest BCUT2D eigenvalue weighted by Crippen LogP contribution is -2.53. The number of likely N-dealkylation sites (tertiary alicyclic amines) is 1. The maximum Gasteiger partial charge on any atom is 0.238 e. The van der Waals surface area contributed by atoms with Crippen LogP contribution in [0.4, 0.5) is 10.1 Å². The molecule has 2 saturated heterocycles. The molecule has 4 rings (SSSR count). The standard InChI is InChI=1S/C21H28FN3O2/c22-17-5-7-18(8-6-17)23-13-15-25(16-14-23)20(27)21(9-10-21)19(26)24-11-3-1-2-4-12-24/h5-8H,1-4,9-16H2. The average Bonchev–Trinajstić information content (AvgIpc) is 3.53. The summed E-state index contributed by atoms with van der Waals surface area (Å²) in [5.74, 6) is -0.152. The van der Waals surface area contributed by atoms with Gasteiger partial charge in [0.25, 0.3) is 0 Å². The molecule has 5 nitrogen and oxygen atoms in total. The number of hydrogen-bond donors (Lipinski definition) is 0. The molecule has 0 spiro atoms. The molecule has 3 aliphatic rings. The number of anilines is 1. The van der Waals surface area contributed by atoms with E-state index in [-0.39, 0.29) is 17.6 Å². The van der Waals surface area contributed by atoms with Crippen molar-refractivity contribution in [3.05, 3.63) is 30.1 Å². The Hall–Kier alpha value is -2.11. The molecule has 3 fully saturated rings. The molecule has 0 aromatic heterocycles. The fourth-order valence-corrected chi connectivity index (χ4v) is 4.34. The number of halogens is 1. The van der Waals surface area contributed by atoms with Crippen LogP contribution in [0.25, 0.3) is 0 Å². The number of amides is 2. The van der Waals surface area contributed by atoms with Gasteiger partial charge in [0.1, 0.15) is 11.2 Å². The molecular weight excluding hydrogens is 345 g/mol. The van der Waals surface area contributed by atoms with Crippen molar-refractivity contribution in [3.8, 4) is 0 Å². The van der Waals surface area contributed by atoms with E-state index in [1.807, 2.05) is 9.80 Å². The van der Waals surface area contributed by atoms with Gasteiger partial charge in [-0.25, -0.2) is 4.39 Å². The van der Waals surface area contributed by atoms with Crippen LogP contribution in [-0.2, 0) is 9.59 Å². The van der Waals surface area contributed by atoms with Gasteiger partial charge in [-0.3, -0.25) is 9.59 Å². The highest BCUT2D eigenvalue weighted by Crippen LogP contribution is 2.49. The Morgan fingerprint density at radius 2 is 1.26 bits per heavy atom. The molecule has 0 atom stereocenters. The third-order valence-electron chi connectivity index (χ3n) is 6.22. The molecular formula is C21H28FN3O2. The van der Waals surface area contributed by atoms with E-state index in [0.717, 1.165) is 31.6 Å². The monoisotopic (exact) mass is 373 g/mol. The predicted molar refractivity (Wildman–Crippen MR) is 102 cm³/mol. The van der Waals surface area contributed by atoms with Crippen LogP contribution in [0.15, 0.2) is 24.3 Å². The van der Waals surface area contributed by atoms with E-state index in [0.29, 0.717) is 39.0 Å². The summed E-state index contributed by atoms with van der Waals surface area (Å²) in [6.45, 7) is 4.26. The van der Waals surface area contributed by atoms with Crippen molar-refractivity contribution in [1.82, 2.24) is 9.80 Å². The van der Waals surface area contributed by atoms with E-state index in [9.17, 15) is 14.0 Å². The molecule has 2 aliphatic heterocycles. The number of carbonyl (C=O) groups excluding carboxylic acids is 2. The van der Waals surface area contributed by atoms with E-state index in [4.69, 9.17) is 0 Å². The highest BCUT2D eigenvalue weighted by Gasteiger charge is 2.59. The Kier molecular flexibility index (Phi) is 5.06. The van der Waals surface area contributed by atoms with Crippen molar-refractivity contribution in [3.63, 3.8) is 0 Å². The van der Waals surface area contributed by atoms with Gasteiger partial charge in [0.05, 0.1) is 0 Å². The largest absolute Gasteiger partial charge is 0.368 e. The smallest absolute Gasteiger partial charge is 0.238 e. The number of carbonyl (C=O) groups is 2. The van der Waals surface area contributed by atoms with Gasteiger partial charge in [-0.15, -0.1) is 0 Å². The Bertz CT molecular complexity index is 686. The van der Waals surface area contributed by atoms with E-state index in [1.54, 1.807) is 12.1 Å². The summed E-state index contributed by atoms with van der Waals surface area (Å²) in [5, 5.41) is 0. The zero-order valence-electron chi connectivity index (χ0n) is 15.8. The maximum atomic E-state index is 13.2. The van der Waals surface area contributed by atoms with Gasteiger partial charge in [-0.05, 0) is 49.9 Å². The topological polar surface area (TPSA) is 43.9 Å². The first-order valence-corrected chi connectivity index (χ1v) is 10.2. The Balaban J connectivity index is 1.37. The van der Waals surface area contributed by atoms with Crippen LogP contribution in [0.2, 0.25) is 0 Å². The summed E-state index contributed by atoms with van der Waals surface area (Å²) in [6.07, 6.45) is 5.84. The fourth-order valence-electron chi connectivity index (χ4n) is 4.34. The van der Waals surface area contributed by atoms with Gasteiger partial charge in [-0.2, -0.15) is 0 Å². The molecule has 0 radical (unpaired) electrons. The number of hydrogen-bond acceptors (Lipinski definition) is 3. The molecule has 146 valence electrons. The summed E-state index contributed by atoms with van der Waals surface area (Å²) >= 11 is 0. The fraction of sp³-hybridized carbons (Fsp3) is 0.619. The number of rotatable bonds is 3. The van der Waals surface area contributed by atoms with Gasteiger partial charge in [0.15, 0.2) is 0 Å². The minimum atomic E-state index is -0.775. The first-order chi connectivity index (χ1) is 13.1. The molecule has 6 heteroatoms. The van der Waals surface area contributed by atoms with Crippen molar-refractivity contribution in [2.45, 2.75) is 38.5 Å². The zero-order valence-corrected chi connectivity index (χ0v) is 15.8. The van der Waals surface area contributed by atoms with Crippen LogP contribution in [0.3, 0.4) is 0 Å². The van der Waals surface area contributed by atoms with E-state index in [1.165, 1.54) is 25.0 Å². The minimum Gasteiger partial charge on any atom is -0.368 e. The molecule has 0 bridgehead atoms. The quantitative estimate of drug-likeness (QED) is 0.765. The first-order valence-electron chi connectivity index (χ1n) is 10.2. The average molecular weight is 373 g/mol. The first kappa shape index (κ1) is 18.3.